The van der Waals surface area contributed by atoms with Crippen LogP contribution in [0, 0.1) is 17.4 Å². The Morgan fingerprint density at radius 1 is 1.09 bits per heavy atom. The number of hydrogen-bond acceptors (Lipinski definition) is 6. The molecule has 7 nitrogen and oxygen atoms in total. The Bertz CT molecular complexity index is 860. The van der Waals surface area contributed by atoms with E-state index in [9.17, 15) is 14.4 Å². The summed E-state index contributed by atoms with van der Waals surface area (Å²) >= 11 is 0. The van der Waals surface area contributed by atoms with Gasteiger partial charge in [0.2, 0.25) is 0 Å². The predicted octanol–water partition coefficient (Wildman–Crippen LogP) is 4.14. The molecule has 0 radical (unpaired) electrons. The molecule has 0 saturated heterocycles. The summed E-state index contributed by atoms with van der Waals surface area (Å²) in [4.78, 5) is 36.6. The Hall–Kier alpha value is -2.79. The molecule has 0 fully saturated rings. The molecule has 0 aliphatic carbocycles. The standard InChI is InChI=1S/C25H40N2O5Si/c1-11-19(12-15-33(8,9)10)16-20(18(2)3)21(22(28)23(29)31-7)17-26-13-14-27-24(30)32-25(4,5)6/h11,16-18,26H,13-14H2,1-10H3,(H,27,30)/b19-11-,20-16+,21-17+. The number of nitrogens with one attached hydrogen (secondary N) is 2. The van der Waals surface area contributed by atoms with Crippen LogP contribution < -0.4 is 10.6 Å². The number of ether oxygens (including phenoxy) is 2. The summed E-state index contributed by atoms with van der Waals surface area (Å²) in [5, 5.41) is 5.63. The summed E-state index contributed by atoms with van der Waals surface area (Å²) in [6, 6.07) is 0. The van der Waals surface area contributed by atoms with E-state index in [4.69, 9.17) is 4.74 Å². The zero-order chi connectivity index (χ0) is 25.8. The van der Waals surface area contributed by atoms with Crippen LogP contribution in [-0.4, -0.2) is 51.7 Å². The SMILES string of the molecule is C\C=C(C#C[Si](C)(C)C)/C=C(/C(=C\NCCNC(=O)OC(C)(C)C)C(=O)C(=O)OC)C(C)C. The molecule has 1 amide bonds. The average molecular weight is 477 g/mol. The number of allylic oxidation sites excluding steroid dienone is 4. The molecule has 0 aromatic rings. The molecule has 184 valence electrons. The Morgan fingerprint density at radius 2 is 1.70 bits per heavy atom. The Balaban J connectivity index is 5.79. The van der Waals surface area contributed by atoms with Gasteiger partial charge in [-0.05, 0) is 45.3 Å². The lowest BCUT2D eigenvalue weighted by molar-refractivity contribution is -0.149. The van der Waals surface area contributed by atoms with E-state index in [0.29, 0.717) is 12.1 Å². The van der Waals surface area contributed by atoms with Gasteiger partial charge in [0.05, 0.1) is 7.11 Å². The first kappa shape index (κ1) is 30.2. The van der Waals surface area contributed by atoms with Crippen molar-refractivity contribution in [2.45, 2.75) is 66.8 Å². The predicted molar refractivity (Wildman–Crippen MR) is 135 cm³/mol. The lowest BCUT2D eigenvalue weighted by Gasteiger charge is -2.19. The fourth-order valence-corrected chi connectivity index (χ4v) is 2.90. The van der Waals surface area contributed by atoms with Gasteiger partial charge in [0, 0.05) is 30.4 Å². The molecule has 0 saturated carbocycles. The van der Waals surface area contributed by atoms with Gasteiger partial charge in [-0.25, -0.2) is 9.59 Å². The van der Waals surface area contributed by atoms with Crippen molar-refractivity contribution in [3.05, 3.63) is 35.1 Å². The molecular formula is C25H40N2O5Si. The van der Waals surface area contributed by atoms with Crippen LogP contribution in [0.25, 0.3) is 0 Å². The first-order valence-corrected chi connectivity index (χ1v) is 14.6. The van der Waals surface area contributed by atoms with E-state index in [0.717, 1.165) is 5.57 Å². The number of carbonyl (C=O) groups excluding carboxylic acids is 3. The minimum absolute atomic E-state index is 0.0600. The molecule has 0 spiro atoms. The summed E-state index contributed by atoms with van der Waals surface area (Å²) in [5.41, 5.74) is 4.37. The first-order chi connectivity index (χ1) is 15.1. The number of ketones is 1. The summed E-state index contributed by atoms with van der Waals surface area (Å²) in [6.45, 7) is 18.2. The van der Waals surface area contributed by atoms with Crippen LogP contribution in [0.15, 0.2) is 35.1 Å². The Kier molecular flexibility index (Phi) is 12.5. The lowest BCUT2D eigenvalue weighted by Crippen LogP contribution is -2.35. The normalized spacial score (nSPS) is 13.1. The number of hydrogen-bond donors (Lipinski definition) is 2. The molecular weight excluding hydrogens is 436 g/mol. The van der Waals surface area contributed by atoms with Crippen LogP contribution in [0.3, 0.4) is 0 Å². The molecule has 0 rings (SSSR count). The van der Waals surface area contributed by atoms with Crippen LogP contribution in [0.4, 0.5) is 4.79 Å². The maximum absolute atomic E-state index is 12.8. The molecule has 0 aliphatic heterocycles. The van der Waals surface area contributed by atoms with Crippen LogP contribution in [-0.2, 0) is 19.1 Å². The van der Waals surface area contributed by atoms with E-state index < -0.39 is 31.5 Å². The van der Waals surface area contributed by atoms with Gasteiger partial charge in [0.15, 0.2) is 0 Å². The monoisotopic (exact) mass is 476 g/mol. The highest BCUT2D eigenvalue weighted by Gasteiger charge is 2.24. The third-order valence-corrected chi connectivity index (χ3v) is 4.81. The highest BCUT2D eigenvalue weighted by Crippen LogP contribution is 2.23. The maximum Gasteiger partial charge on any atom is 0.407 e. The summed E-state index contributed by atoms with van der Waals surface area (Å²) in [6.07, 6.45) is 4.68. The van der Waals surface area contributed by atoms with Crippen molar-refractivity contribution in [2.75, 3.05) is 20.2 Å². The number of amides is 1. The van der Waals surface area contributed by atoms with Crippen molar-refractivity contribution in [3.63, 3.8) is 0 Å². The molecule has 0 unspecified atom stereocenters. The number of methoxy groups -OCH3 is 1. The van der Waals surface area contributed by atoms with Gasteiger partial charge < -0.3 is 20.1 Å². The van der Waals surface area contributed by atoms with Crippen molar-refractivity contribution >= 4 is 25.9 Å². The average Bonchev–Trinajstić information content (AvgIpc) is 2.68. The van der Waals surface area contributed by atoms with Crippen LogP contribution >= 0.6 is 0 Å². The van der Waals surface area contributed by atoms with E-state index in [1.54, 1.807) is 20.8 Å². The van der Waals surface area contributed by atoms with E-state index >= 15 is 0 Å². The van der Waals surface area contributed by atoms with Gasteiger partial charge in [0.25, 0.3) is 5.78 Å². The van der Waals surface area contributed by atoms with Crippen molar-refractivity contribution < 1.29 is 23.9 Å². The maximum atomic E-state index is 12.8. The fraction of sp³-hybridized carbons (Fsp3) is 0.560. The molecule has 0 aromatic heterocycles. The first-order valence-electron chi connectivity index (χ1n) is 11.1. The molecule has 2 N–H and O–H groups in total. The van der Waals surface area contributed by atoms with Crippen LogP contribution in [0.5, 0.6) is 0 Å². The molecule has 0 aromatic carbocycles. The number of esters is 1. The number of carbonyl (C=O) groups is 3. The molecule has 8 heteroatoms. The minimum atomic E-state index is -1.59. The summed E-state index contributed by atoms with van der Waals surface area (Å²) < 4.78 is 9.85. The number of Topliss-reactive ketones (excluding diaryl/α,β-unsaturated/α-hetero) is 1. The second-order valence-corrected chi connectivity index (χ2v) is 14.5. The van der Waals surface area contributed by atoms with Crippen molar-refractivity contribution in [3.8, 4) is 11.5 Å². The minimum Gasteiger partial charge on any atom is -0.463 e. The molecule has 0 heterocycles. The summed E-state index contributed by atoms with van der Waals surface area (Å²) in [5.74, 6) is 1.44. The fourth-order valence-electron chi connectivity index (χ4n) is 2.38. The molecule has 0 atom stereocenters. The van der Waals surface area contributed by atoms with Gasteiger partial charge in [-0.1, -0.05) is 45.5 Å². The topological polar surface area (TPSA) is 93.7 Å². The van der Waals surface area contributed by atoms with Gasteiger partial charge in [-0.2, -0.15) is 0 Å². The van der Waals surface area contributed by atoms with Gasteiger partial charge in [0.1, 0.15) is 13.7 Å². The van der Waals surface area contributed by atoms with E-state index in [2.05, 4.69) is 46.5 Å². The quantitative estimate of drug-likeness (QED) is 0.0988. The second-order valence-electron chi connectivity index (χ2n) is 9.76. The Labute approximate surface area is 200 Å². The highest BCUT2D eigenvalue weighted by atomic mass is 28.3. The van der Waals surface area contributed by atoms with Crippen LogP contribution in [0.2, 0.25) is 19.6 Å². The van der Waals surface area contributed by atoms with Crippen molar-refractivity contribution in [2.24, 2.45) is 5.92 Å². The number of rotatable bonds is 9. The molecule has 0 bridgehead atoms. The van der Waals surface area contributed by atoms with Crippen molar-refractivity contribution in [1.82, 2.24) is 10.6 Å². The Morgan fingerprint density at radius 3 is 2.15 bits per heavy atom. The van der Waals surface area contributed by atoms with Gasteiger partial charge in [-0.15, -0.1) is 5.54 Å². The van der Waals surface area contributed by atoms with Crippen molar-refractivity contribution in [1.29, 1.82) is 0 Å². The molecule has 33 heavy (non-hydrogen) atoms. The van der Waals surface area contributed by atoms with E-state index in [1.165, 1.54) is 13.3 Å². The van der Waals surface area contributed by atoms with Crippen LogP contribution in [0.1, 0.15) is 41.5 Å². The molecule has 0 aliphatic rings. The third-order valence-electron chi connectivity index (χ3n) is 3.94. The lowest BCUT2D eigenvalue weighted by atomic mass is 9.91. The highest BCUT2D eigenvalue weighted by molar-refractivity contribution is 6.83. The van der Waals surface area contributed by atoms with Gasteiger partial charge >= 0.3 is 12.1 Å². The number of alkyl carbamates (subject to hydrolysis) is 1. The zero-order valence-corrected chi connectivity index (χ0v) is 22.8. The van der Waals surface area contributed by atoms with E-state index in [1.807, 2.05) is 32.9 Å². The third kappa shape index (κ3) is 13.4. The second kappa shape index (κ2) is 13.7. The van der Waals surface area contributed by atoms with E-state index in [-0.39, 0.29) is 18.0 Å². The largest absolute Gasteiger partial charge is 0.463 e. The van der Waals surface area contributed by atoms with Gasteiger partial charge in [-0.3, -0.25) is 4.79 Å². The smallest absolute Gasteiger partial charge is 0.407 e. The zero-order valence-electron chi connectivity index (χ0n) is 21.8. The summed E-state index contributed by atoms with van der Waals surface area (Å²) in [7, 11) is -0.414.